The quantitative estimate of drug-likeness (QED) is 0.834. The van der Waals surface area contributed by atoms with Crippen LogP contribution in [0.3, 0.4) is 0 Å². The number of amides is 1. The number of halogens is 1. The lowest BCUT2D eigenvalue weighted by Gasteiger charge is -2.18. The molecule has 0 spiro atoms. The number of carbonyl (C=O) groups is 1. The Kier molecular flexibility index (Phi) is 3.42. The second-order valence-electron chi connectivity index (χ2n) is 4.88. The highest BCUT2D eigenvalue weighted by Crippen LogP contribution is 2.21. The maximum absolute atomic E-state index is 12.2. The van der Waals surface area contributed by atoms with Crippen molar-refractivity contribution in [3.05, 3.63) is 34.9 Å². The minimum atomic E-state index is -0.455. The van der Waals surface area contributed by atoms with E-state index in [1.165, 1.54) is 0 Å². The molecule has 0 aromatic heterocycles. The summed E-state index contributed by atoms with van der Waals surface area (Å²) in [7, 11) is 0. The number of rotatable bonds is 2. The first-order valence-electron chi connectivity index (χ1n) is 6.51. The third kappa shape index (κ3) is 2.59. The molecule has 1 atom stereocenters. The summed E-state index contributed by atoms with van der Waals surface area (Å²) < 4.78 is 0. The highest BCUT2D eigenvalue weighted by atomic mass is 35.5. The molecule has 1 aromatic carbocycles. The molecule has 1 aromatic rings. The maximum Gasteiger partial charge on any atom is 0.266 e. The van der Waals surface area contributed by atoms with Crippen molar-refractivity contribution in [1.82, 2.24) is 4.90 Å². The second kappa shape index (κ2) is 5.21. The molecule has 4 nitrogen and oxygen atoms in total. The van der Waals surface area contributed by atoms with Crippen LogP contribution in [0, 0.1) is 0 Å². The molecule has 2 aliphatic rings. The predicted molar refractivity (Wildman–Crippen MR) is 73.3 cm³/mol. The van der Waals surface area contributed by atoms with Crippen LogP contribution in [0.2, 0.25) is 5.02 Å². The third-order valence-electron chi connectivity index (χ3n) is 3.54. The summed E-state index contributed by atoms with van der Waals surface area (Å²) in [5.74, 6) is 0.0604. The van der Waals surface area contributed by atoms with Crippen LogP contribution in [0.5, 0.6) is 0 Å². The summed E-state index contributed by atoms with van der Waals surface area (Å²) in [6, 6.07) is 7.42. The van der Waals surface area contributed by atoms with Gasteiger partial charge in [-0.25, -0.2) is 0 Å². The Bertz CT molecular complexity index is 507. The van der Waals surface area contributed by atoms with Gasteiger partial charge in [-0.1, -0.05) is 28.9 Å². The van der Waals surface area contributed by atoms with Crippen molar-refractivity contribution in [2.24, 2.45) is 5.16 Å². The molecule has 2 heterocycles. The van der Waals surface area contributed by atoms with E-state index < -0.39 is 6.10 Å². The summed E-state index contributed by atoms with van der Waals surface area (Å²) >= 11 is 5.85. The molecule has 3 rings (SSSR count). The molecular formula is C14H15ClN2O2. The van der Waals surface area contributed by atoms with E-state index in [4.69, 9.17) is 16.4 Å². The van der Waals surface area contributed by atoms with Gasteiger partial charge in [0.2, 0.25) is 6.10 Å². The van der Waals surface area contributed by atoms with E-state index >= 15 is 0 Å². The van der Waals surface area contributed by atoms with Gasteiger partial charge in [-0.3, -0.25) is 4.79 Å². The number of hydrogen-bond acceptors (Lipinski definition) is 3. The molecule has 19 heavy (non-hydrogen) atoms. The Morgan fingerprint density at radius 3 is 2.63 bits per heavy atom. The van der Waals surface area contributed by atoms with Gasteiger partial charge in [0.1, 0.15) is 0 Å². The van der Waals surface area contributed by atoms with E-state index in [2.05, 4.69) is 5.16 Å². The molecule has 1 fully saturated rings. The van der Waals surface area contributed by atoms with E-state index in [1.807, 2.05) is 29.2 Å². The van der Waals surface area contributed by atoms with Crippen LogP contribution in [-0.4, -0.2) is 35.7 Å². The van der Waals surface area contributed by atoms with Crippen LogP contribution >= 0.6 is 11.6 Å². The Morgan fingerprint density at radius 1 is 1.26 bits per heavy atom. The molecule has 0 unspecified atom stereocenters. The first kappa shape index (κ1) is 12.5. The van der Waals surface area contributed by atoms with Gasteiger partial charge in [0.15, 0.2) is 0 Å². The van der Waals surface area contributed by atoms with Gasteiger partial charge in [-0.15, -0.1) is 0 Å². The molecule has 0 N–H and O–H groups in total. The first-order valence-corrected chi connectivity index (χ1v) is 6.89. The summed E-state index contributed by atoms with van der Waals surface area (Å²) in [5, 5.41) is 4.72. The van der Waals surface area contributed by atoms with Crippen LogP contribution in [0.15, 0.2) is 29.4 Å². The summed E-state index contributed by atoms with van der Waals surface area (Å²) in [5.41, 5.74) is 1.77. The van der Waals surface area contributed by atoms with E-state index in [1.54, 1.807) is 0 Å². The minimum Gasteiger partial charge on any atom is -0.382 e. The van der Waals surface area contributed by atoms with Gasteiger partial charge in [0.05, 0.1) is 5.71 Å². The van der Waals surface area contributed by atoms with Crippen molar-refractivity contribution in [3.8, 4) is 0 Å². The minimum absolute atomic E-state index is 0.0604. The van der Waals surface area contributed by atoms with Gasteiger partial charge >= 0.3 is 0 Å². The van der Waals surface area contributed by atoms with Gasteiger partial charge in [-0.05, 0) is 30.5 Å². The molecule has 0 aliphatic carbocycles. The van der Waals surface area contributed by atoms with E-state index in [-0.39, 0.29) is 5.91 Å². The second-order valence-corrected chi connectivity index (χ2v) is 5.31. The smallest absolute Gasteiger partial charge is 0.266 e. The van der Waals surface area contributed by atoms with Crippen molar-refractivity contribution < 1.29 is 9.63 Å². The van der Waals surface area contributed by atoms with Crippen molar-refractivity contribution in [2.75, 3.05) is 13.1 Å². The fourth-order valence-electron chi connectivity index (χ4n) is 2.46. The molecule has 1 amide bonds. The van der Waals surface area contributed by atoms with Crippen molar-refractivity contribution in [2.45, 2.75) is 25.4 Å². The van der Waals surface area contributed by atoms with Crippen molar-refractivity contribution in [3.63, 3.8) is 0 Å². The first-order chi connectivity index (χ1) is 9.24. The number of oxime groups is 1. The van der Waals surface area contributed by atoms with Crippen molar-refractivity contribution in [1.29, 1.82) is 0 Å². The van der Waals surface area contributed by atoms with Crippen LogP contribution in [0.1, 0.15) is 24.8 Å². The zero-order valence-electron chi connectivity index (χ0n) is 10.5. The molecule has 0 saturated carbocycles. The average molecular weight is 279 g/mol. The number of likely N-dealkylation sites (tertiary alicyclic amines) is 1. The largest absolute Gasteiger partial charge is 0.382 e. The molecule has 0 bridgehead atoms. The summed E-state index contributed by atoms with van der Waals surface area (Å²) in [6.45, 7) is 1.68. The fraction of sp³-hybridized carbons (Fsp3) is 0.429. The maximum atomic E-state index is 12.2. The van der Waals surface area contributed by atoms with Crippen LogP contribution in [0.25, 0.3) is 0 Å². The van der Waals surface area contributed by atoms with Gasteiger partial charge in [0, 0.05) is 24.5 Å². The van der Waals surface area contributed by atoms with Crippen LogP contribution in [0.4, 0.5) is 0 Å². The average Bonchev–Trinajstić information content (AvgIpc) is 3.10. The lowest BCUT2D eigenvalue weighted by atomic mass is 10.0. The zero-order chi connectivity index (χ0) is 13.2. The SMILES string of the molecule is O=C([C@H]1CC(c2ccc(Cl)cc2)=NO1)N1CCCC1. The molecular weight excluding hydrogens is 264 g/mol. The lowest BCUT2D eigenvalue weighted by Crippen LogP contribution is -2.37. The number of benzene rings is 1. The van der Waals surface area contributed by atoms with E-state index in [0.717, 1.165) is 37.2 Å². The standard InChI is InChI=1S/C14H15ClN2O2/c15-11-5-3-10(4-6-11)12-9-13(19-16-12)14(18)17-7-1-2-8-17/h3-6,13H,1-2,7-9H2/t13-/m1/s1. The molecule has 100 valence electrons. The van der Waals surface area contributed by atoms with E-state index in [9.17, 15) is 4.79 Å². The van der Waals surface area contributed by atoms with Crippen molar-refractivity contribution >= 4 is 23.2 Å². The Labute approximate surface area is 117 Å². The molecule has 1 saturated heterocycles. The fourth-order valence-corrected chi connectivity index (χ4v) is 2.59. The van der Waals surface area contributed by atoms with E-state index in [0.29, 0.717) is 11.4 Å². The Balaban J connectivity index is 1.65. The zero-order valence-corrected chi connectivity index (χ0v) is 11.3. The number of carbonyl (C=O) groups excluding carboxylic acids is 1. The van der Waals surface area contributed by atoms with Crippen LogP contribution < -0.4 is 0 Å². The van der Waals surface area contributed by atoms with Gasteiger partial charge < -0.3 is 9.74 Å². The highest BCUT2D eigenvalue weighted by Gasteiger charge is 2.33. The summed E-state index contributed by atoms with van der Waals surface area (Å²) in [4.78, 5) is 19.3. The molecule has 5 heteroatoms. The summed E-state index contributed by atoms with van der Waals surface area (Å²) in [6.07, 6.45) is 2.26. The van der Waals surface area contributed by atoms with Gasteiger partial charge in [0.25, 0.3) is 5.91 Å². The Morgan fingerprint density at radius 2 is 1.95 bits per heavy atom. The topological polar surface area (TPSA) is 41.9 Å². The Hall–Kier alpha value is -1.55. The monoisotopic (exact) mass is 278 g/mol. The predicted octanol–water partition coefficient (Wildman–Crippen LogP) is 2.46. The highest BCUT2D eigenvalue weighted by molar-refractivity contribution is 6.30. The lowest BCUT2D eigenvalue weighted by molar-refractivity contribution is -0.140. The normalized spacial score (nSPS) is 22.3. The molecule has 2 aliphatic heterocycles. The molecule has 0 radical (unpaired) electrons. The third-order valence-corrected chi connectivity index (χ3v) is 3.79. The van der Waals surface area contributed by atoms with Gasteiger partial charge in [-0.2, -0.15) is 0 Å². The number of hydrogen-bond donors (Lipinski definition) is 0. The van der Waals surface area contributed by atoms with Crippen LogP contribution in [-0.2, 0) is 9.63 Å². The number of nitrogens with zero attached hydrogens (tertiary/aromatic N) is 2.